The fraction of sp³-hybridized carbons (Fsp3) is 0.467. The number of hydrogen-bond donors (Lipinski definition) is 0. The summed E-state index contributed by atoms with van der Waals surface area (Å²) in [6.07, 6.45) is 1.25. The molecule has 0 nitrogen and oxygen atoms in total. The van der Waals surface area contributed by atoms with Crippen LogP contribution >= 0.6 is 0 Å². The van der Waals surface area contributed by atoms with Crippen molar-refractivity contribution in [3.8, 4) is 0 Å². The molecule has 1 heteroatoms. The van der Waals surface area contributed by atoms with E-state index in [9.17, 15) is 0 Å². The van der Waals surface area contributed by atoms with E-state index in [2.05, 4.69) is 27.7 Å². The van der Waals surface area contributed by atoms with Crippen molar-refractivity contribution in [3.05, 3.63) is 50.2 Å². The molecule has 0 aliphatic rings. The molecule has 0 amide bonds. The van der Waals surface area contributed by atoms with Gasteiger partial charge in [0.2, 0.25) is 0 Å². The number of benzene rings is 1. The van der Waals surface area contributed by atoms with Gasteiger partial charge >= 0.3 is 31.1 Å². The summed E-state index contributed by atoms with van der Waals surface area (Å²) in [5, 5.41) is 0. The summed E-state index contributed by atoms with van der Waals surface area (Å²) in [6, 6.07) is 12.0. The molecule has 0 spiro atoms. The van der Waals surface area contributed by atoms with Crippen LogP contribution in [0.1, 0.15) is 48.0 Å². The van der Waals surface area contributed by atoms with Crippen LogP contribution < -0.4 is 0 Å². The van der Waals surface area contributed by atoms with E-state index >= 15 is 0 Å². The Morgan fingerprint density at radius 3 is 0.750 bits per heavy atom. The molecule has 1 rings (SSSR count). The molecule has 0 bridgehead atoms. The van der Waals surface area contributed by atoms with Crippen molar-refractivity contribution in [3.63, 3.8) is 0 Å². The van der Waals surface area contributed by atoms with Crippen molar-refractivity contribution < 1.29 is 31.1 Å². The van der Waals surface area contributed by atoms with E-state index in [0.717, 1.165) is 0 Å². The molecule has 1 aromatic rings. The third-order valence-electron chi connectivity index (χ3n) is 0.667. The van der Waals surface area contributed by atoms with Gasteiger partial charge in [-0.15, -0.1) is 0 Å². The zero-order chi connectivity index (χ0) is 12.9. The molecule has 0 atom stereocenters. The van der Waals surface area contributed by atoms with Crippen molar-refractivity contribution in [1.29, 1.82) is 0 Å². The molecular formula is C15H30U. The average Bonchev–Trinajstić information content (AvgIpc) is 2.40. The Morgan fingerprint density at radius 1 is 0.625 bits per heavy atom. The summed E-state index contributed by atoms with van der Waals surface area (Å²) in [5.74, 6) is 0. The van der Waals surface area contributed by atoms with Crippen molar-refractivity contribution in [1.82, 2.24) is 0 Å². The van der Waals surface area contributed by atoms with Gasteiger partial charge in [0.1, 0.15) is 0 Å². The maximum Gasteiger partial charge on any atom is 2.00 e. The molecule has 0 heterocycles. The Morgan fingerprint density at radius 2 is 0.688 bits per heavy atom. The van der Waals surface area contributed by atoms with Gasteiger partial charge in [-0.1, -0.05) is 70.5 Å². The number of rotatable bonds is 0. The second-order valence-electron chi connectivity index (χ2n) is 1.86. The monoisotopic (exact) mass is 448 g/mol. The molecule has 0 saturated heterocycles. The summed E-state index contributed by atoms with van der Waals surface area (Å²) in [4.78, 5) is 0. The van der Waals surface area contributed by atoms with Gasteiger partial charge < -0.3 is 13.8 Å². The molecule has 0 radical (unpaired) electrons. The Hall–Kier alpha value is 0.272. The van der Waals surface area contributed by atoms with Gasteiger partial charge in [0.05, 0.1) is 0 Å². The van der Waals surface area contributed by atoms with Gasteiger partial charge in [-0.3, -0.25) is 0 Å². The first-order valence-electron chi connectivity index (χ1n) is 5.83. The fourth-order valence-electron chi connectivity index (χ4n) is 0.385. The van der Waals surface area contributed by atoms with Gasteiger partial charge in [-0.25, -0.2) is 0 Å². The molecule has 0 aromatic heterocycles. The quantitative estimate of drug-likeness (QED) is 0.440. The van der Waals surface area contributed by atoms with E-state index in [1.54, 1.807) is 13.8 Å². The van der Waals surface area contributed by atoms with Crippen LogP contribution in [0.25, 0.3) is 0 Å². The molecule has 94 valence electrons. The molecule has 0 unspecified atom stereocenters. The van der Waals surface area contributed by atoms with Crippen LogP contribution in [0, 0.1) is 45.0 Å². The fourth-order valence-corrected chi connectivity index (χ4v) is 0.385. The van der Waals surface area contributed by atoms with Gasteiger partial charge in [0.15, 0.2) is 0 Å². The Bertz CT molecular complexity index is 88.3. The SMILES string of the molecule is CC.CCC.[CH2-]C.[CH2-]C.[U+2].c1ccccc1. The molecular weight excluding hydrogens is 418 g/mol. The van der Waals surface area contributed by atoms with Crippen LogP contribution in [-0.4, -0.2) is 0 Å². The molecule has 0 aliphatic heterocycles. The minimum Gasteiger partial charge on any atom is -0.346 e. The minimum atomic E-state index is 0. The maximum absolute atomic E-state index is 3.25. The maximum atomic E-state index is 3.25. The van der Waals surface area contributed by atoms with E-state index in [4.69, 9.17) is 0 Å². The summed E-state index contributed by atoms with van der Waals surface area (Å²) < 4.78 is 0. The molecule has 0 saturated carbocycles. The van der Waals surface area contributed by atoms with Crippen molar-refractivity contribution in [2.75, 3.05) is 0 Å². The van der Waals surface area contributed by atoms with Crippen LogP contribution in [-0.2, 0) is 0 Å². The van der Waals surface area contributed by atoms with E-state index < -0.39 is 0 Å². The van der Waals surface area contributed by atoms with E-state index in [-0.39, 0.29) is 31.1 Å². The van der Waals surface area contributed by atoms with Crippen molar-refractivity contribution in [2.24, 2.45) is 0 Å². The third-order valence-corrected chi connectivity index (χ3v) is 0.667. The predicted molar refractivity (Wildman–Crippen MR) is 75.8 cm³/mol. The third kappa shape index (κ3) is 63.9. The van der Waals surface area contributed by atoms with Crippen LogP contribution in [0.5, 0.6) is 0 Å². The first-order valence-corrected chi connectivity index (χ1v) is 5.83. The van der Waals surface area contributed by atoms with Gasteiger partial charge in [0, 0.05) is 0 Å². The van der Waals surface area contributed by atoms with Crippen LogP contribution in [0.4, 0.5) is 0 Å². The van der Waals surface area contributed by atoms with E-state index in [0.29, 0.717) is 0 Å². The Balaban J connectivity index is -0.0000000355. The van der Waals surface area contributed by atoms with E-state index in [1.165, 1.54) is 6.42 Å². The normalized spacial score (nSPS) is 5.25. The number of hydrogen-bond acceptors (Lipinski definition) is 0. The standard InChI is InChI=1S/C6H6.C3H8.C2H6.2C2H5.U/c1-2-4-6-5-3-1;1-3-2;3*1-2;/h1-6H;3H2,1-2H3;1-2H3;2*1H2,2H3;/q;;;2*-1;+2. The zero-order valence-corrected chi connectivity index (χ0v) is 16.2. The first kappa shape index (κ1) is 29.9. The predicted octanol–water partition coefficient (Wildman–Crippen LogP) is 5.81. The minimum absolute atomic E-state index is 0. The topological polar surface area (TPSA) is 0 Å². The summed E-state index contributed by atoms with van der Waals surface area (Å²) in [6.45, 7) is 18.2. The molecule has 0 aliphatic carbocycles. The van der Waals surface area contributed by atoms with Crippen LogP contribution in [0.15, 0.2) is 36.4 Å². The first-order chi connectivity index (χ1) is 7.41. The van der Waals surface area contributed by atoms with Gasteiger partial charge in [0.25, 0.3) is 0 Å². The molecule has 16 heavy (non-hydrogen) atoms. The molecule has 1 aromatic carbocycles. The summed E-state index contributed by atoms with van der Waals surface area (Å²) >= 11 is 0. The summed E-state index contributed by atoms with van der Waals surface area (Å²) in [5.41, 5.74) is 0. The summed E-state index contributed by atoms with van der Waals surface area (Å²) in [7, 11) is 0. The molecule has 0 N–H and O–H groups in total. The smallest absolute Gasteiger partial charge is 0.346 e. The second kappa shape index (κ2) is 58.8. The molecule has 0 fully saturated rings. The van der Waals surface area contributed by atoms with Gasteiger partial charge in [-0.05, 0) is 0 Å². The van der Waals surface area contributed by atoms with Crippen LogP contribution in [0.3, 0.4) is 0 Å². The van der Waals surface area contributed by atoms with Crippen molar-refractivity contribution in [2.45, 2.75) is 48.0 Å². The Labute approximate surface area is 129 Å². The largest absolute Gasteiger partial charge is 2.00 e. The Kier molecular flexibility index (Phi) is 110. The zero-order valence-electron chi connectivity index (χ0n) is 12.1. The van der Waals surface area contributed by atoms with Crippen LogP contribution in [0.2, 0.25) is 0 Å². The van der Waals surface area contributed by atoms with Gasteiger partial charge in [-0.2, -0.15) is 13.8 Å². The average molecular weight is 448 g/mol. The van der Waals surface area contributed by atoms with E-state index in [1.807, 2.05) is 50.2 Å². The van der Waals surface area contributed by atoms with Crippen molar-refractivity contribution >= 4 is 0 Å². The second-order valence-corrected chi connectivity index (χ2v) is 1.86.